The molecule has 0 saturated carbocycles. The summed E-state index contributed by atoms with van der Waals surface area (Å²) in [6, 6.07) is 11.0. The zero-order chi connectivity index (χ0) is 15.9. The van der Waals surface area contributed by atoms with Gasteiger partial charge in [-0.25, -0.2) is 0 Å². The SMILES string of the molecule is CCc1cn(C(=O)c2ccccc2Br)c2c(Cl)c(Cl)ccc12. The molecular formula is C17H12BrCl2NO. The number of halogens is 3. The second-order valence-electron chi connectivity index (χ2n) is 4.92. The second-order valence-corrected chi connectivity index (χ2v) is 6.56. The molecule has 0 spiro atoms. The Morgan fingerprint density at radius 1 is 1.18 bits per heavy atom. The maximum Gasteiger partial charge on any atom is 0.263 e. The standard InChI is InChI=1S/C17H12BrCl2NO/c1-2-10-9-21(16-11(10)7-8-14(19)15(16)20)17(22)12-5-3-4-6-13(12)18/h3-9H,2H2,1H3. The summed E-state index contributed by atoms with van der Waals surface area (Å²) in [5.41, 5.74) is 2.30. The van der Waals surface area contributed by atoms with E-state index >= 15 is 0 Å². The predicted molar refractivity (Wildman–Crippen MR) is 95.2 cm³/mol. The molecule has 22 heavy (non-hydrogen) atoms. The van der Waals surface area contributed by atoms with Gasteiger partial charge in [-0.2, -0.15) is 0 Å². The molecule has 112 valence electrons. The van der Waals surface area contributed by atoms with Crippen LogP contribution >= 0.6 is 39.1 Å². The van der Waals surface area contributed by atoms with Crippen LogP contribution in [0.3, 0.4) is 0 Å². The smallest absolute Gasteiger partial charge is 0.263 e. The maximum absolute atomic E-state index is 12.9. The van der Waals surface area contributed by atoms with Gasteiger partial charge in [0.25, 0.3) is 5.91 Å². The van der Waals surface area contributed by atoms with Crippen molar-refractivity contribution in [3.8, 4) is 0 Å². The van der Waals surface area contributed by atoms with Gasteiger partial charge in [0.15, 0.2) is 0 Å². The molecule has 0 N–H and O–H groups in total. The van der Waals surface area contributed by atoms with Gasteiger partial charge in [-0.15, -0.1) is 0 Å². The first kappa shape index (κ1) is 15.6. The summed E-state index contributed by atoms with van der Waals surface area (Å²) >= 11 is 15.9. The zero-order valence-corrected chi connectivity index (χ0v) is 14.8. The fraction of sp³-hybridized carbons (Fsp3) is 0.118. The Kier molecular flexibility index (Phi) is 4.31. The fourth-order valence-electron chi connectivity index (χ4n) is 2.53. The van der Waals surface area contributed by atoms with Crippen LogP contribution in [0, 0.1) is 0 Å². The molecule has 0 atom stereocenters. The van der Waals surface area contributed by atoms with Crippen molar-refractivity contribution in [2.75, 3.05) is 0 Å². The van der Waals surface area contributed by atoms with Gasteiger partial charge in [-0.1, -0.05) is 48.3 Å². The van der Waals surface area contributed by atoms with Crippen LogP contribution in [0.4, 0.5) is 0 Å². The van der Waals surface area contributed by atoms with Gasteiger partial charge in [-0.05, 0) is 46.1 Å². The van der Waals surface area contributed by atoms with Gasteiger partial charge >= 0.3 is 0 Å². The van der Waals surface area contributed by atoms with Crippen LogP contribution in [0.1, 0.15) is 22.8 Å². The number of nitrogens with zero attached hydrogens (tertiary/aromatic N) is 1. The molecule has 0 unspecified atom stereocenters. The molecule has 1 aromatic heterocycles. The van der Waals surface area contributed by atoms with Gasteiger partial charge in [-0.3, -0.25) is 9.36 Å². The van der Waals surface area contributed by atoms with Crippen molar-refractivity contribution < 1.29 is 4.79 Å². The number of hydrogen-bond donors (Lipinski definition) is 0. The Bertz CT molecular complexity index is 886. The van der Waals surface area contributed by atoms with Gasteiger partial charge in [0.05, 0.1) is 21.1 Å². The Hall–Kier alpha value is -1.29. The Labute approximate surface area is 146 Å². The third-order valence-corrected chi connectivity index (χ3v) is 5.13. The molecule has 0 aliphatic carbocycles. The third-order valence-electron chi connectivity index (χ3n) is 3.64. The van der Waals surface area contributed by atoms with E-state index in [-0.39, 0.29) is 5.91 Å². The van der Waals surface area contributed by atoms with Crippen LogP contribution in [0.15, 0.2) is 47.1 Å². The van der Waals surface area contributed by atoms with Crippen LogP contribution in [0.25, 0.3) is 10.9 Å². The van der Waals surface area contributed by atoms with Crippen LogP contribution in [-0.2, 0) is 6.42 Å². The molecule has 0 amide bonds. The molecule has 0 bridgehead atoms. The van der Waals surface area contributed by atoms with Gasteiger partial charge in [0.1, 0.15) is 0 Å². The normalized spacial score (nSPS) is 11.1. The maximum atomic E-state index is 12.9. The van der Waals surface area contributed by atoms with E-state index in [1.54, 1.807) is 16.7 Å². The highest BCUT2D eigenvalue weighted by atomic mass is 79.9. The first-order valence-electron chi connectivity index (χ1n) is 6.81. The monoisotopic (exact) mass is 395 g/mol. The summed E-state index contributed by atoms with van der Waals surface area (Å²) < 4.78 is 2.33. The van der Waals surface area contributed by atoms with E-state index in [2.05, 4.69) is 15.9 Å². The Morgan fingerprint density at radius 2 is 1.91 bits per heavy atom. The average Bonchev–Trinajstić information content (AvgIpc) is 2.90. The third kappa shape index (κ3) is 2.47. The summed E-state index contributed by atoms with van der Waals surface area (Å²) in [5.74, 6) is -0.138. The minimum Gasteiger partial charge on any atom is -0.281 e. The van der Waals surface area contributed by atoms with E-state index in [1.807, 2.05) is 37.4 Å². The lowest BCUT2D eigenvalue weighted by atomic mass is 10.1. The number of aryl methyl sites for hydroxylation is 1. The van der Waals surface area contributed by atoms with E-state index in [0.29, 0.717) is 21.1 Å². The van der Waals surface area contributed by atoms with E-state index in [4.69, 9.17) is 23.2 Å². The number of benzene rings is 2. The molecule has 0 saturated heterocycles. The van der Waals surface area contributed by atoms with Crippen LogP contribution in [0.5, 0.6) is 0 Å². The van der Waals surface area contributed by atoms with Gasteiger partial charge < -0.3 is 0 Å². The second kappa shape index (κ2) is 6.07. The number of rotatable bonds is 2. The first-order valence-corrected chi connectivity index (χ1v) is 8.36. The van der Waals surface area contributed by atoms with Crippen molar-refractivity contribution in [2.45, 2.75) is 13.3 Å². The van der Waals surface area contributed by atoms with Crippen molar-refractivity contribution in [3.05, 3.63) is 68.2 Å². The van der Waals surface area contributed by atoms with Gasteiger partial charge in [0, 0.05) is 16.1 Å². The topological polar surface area (TPSA) is 22.0 Å². The molecule has 1 heterocycles. The minimum atomic E-state index is -0.138. The number of carbonyl (C=O) groups excluding carboxylic acids is 1. The van der Waals surface area contributed by atoms with E-state index < -0.39 is 0 Å². The average molecular weight is 397 g/mol. The number of fused-ring (bicyclic) bond motifs is 1. The minimum absolute atomic E-state index is 0.138. The number of hydrogen-bond acceptors (Lipinski definition) is 1. The fourth-order valence-corrected chi connectivity index (χ4v) is 3.39. The lowest BCUT2D eigenvalue weighted by Gasteiger charge is -2.08. The largest absolute Gasteiger partial charge is 0.281 e. The van der Waals surface area contributed by atoms with Crippen molar-refractivity contribution in [2.24, 2.45) is 0 Å². The highest BCUT2D eigenvalue weighted by Gasteiger charge is 2.19. The summed E-state index contributed by atoms with van der Waals surface area (Å²) in [5, 5.41) is 1.80. The van der Waals surface area contributed by atoms with Gasteiger partial charge in [0.2, 0.25) is 0 Å². The summed E-state index contributed by atoms with van der Waals surface area (Å²) in [7, 11) is 0. The highest BCUT2D eigenvalue weighted by molar-refractivity contribution is 9.10. The molecule has 2 nitrogen and oxygen atoms in total. The molecule has 0 fully saturated rings. The van der Waals surface area contributed by atoms with Crippen molar-refractivity contribution in [3.63, 3.8) is 0 Å². The van der Waals surface area contributed by atoms with Crippen molar-refractivity contribution in [1.82, 2.24) is 4.57 Å². The number of aromatic nitrogens is 1. The molecule has 5 heteroatoms. The highest BCUT2D eigenvalue weighted by Crippen LogP contribution is 2.34. The Balaban J connectivity index is 2.29. The van der Waals surface area contributed by atoms with Crippen molar-refractivity contribution >= 4 is 55.9 Å². The lowest BCUT2D eigenvalue weighted by Crippen LogP contribution is -2.11. The summed E-state index contributed by atoms with van der Waals surface area (Å²) in [4.78, 5) is 12.9. The number of carbonyl (C=O) groups is 1. The van der Waals surface area contributed by atoms with Crippen LogP contribution < -0.4 is 0 Å². The van der Waals surface area contributed by atoms with Crippen LogP contribution in [-0.4, -0.2) is 10.5 Å². The first-order chi connectivity index (χ1) is 10.5. The van der Waals surface area contributed by atoms with E-state index in [0.717, 1.165) is 21.8 Å². The van der Waals surface area contributed by atoms with Crippen LogP contribution in [0.2, 0.25) is 10.0 Å². The Morgan fingerprint density at radius 3 is 2.59 bits per heavy atom. The predicted octanol–water partition coefficient (Wildman–Crippen LogP) is 5.96. The van der Waals surface area contributed by atoms with Crippen molar-refractivity contribution in [1.29, 1.82) is 0 Å². The summed E-state index contributed by atoms with van der Waals surface area (Å²) in [6.45, 7) is 2.05. The molecule has 3 rings (SSSR count). The lowest BCUT2D eigenvalue weighted by molar-refractivity contribution is 0.0964. The molecule has 0 aliphatic rings. The zero-order valence-electron chi connectivity index (χ0n) is 11.7. The van der Waals surface area contributed by atoms with E-state index in [1.165, 1.54) is 0 Å². The quantitative estimate of drug-likeness (QED) is 0.523. The molecular weight excluding hydrogens is 385 g/mol. The van der Waals surface area contributed by atoms with E-state index in [9.17, 15) is 4.79 Å². The summed E-state index contributed by atoms with van der Waals surface area (Å²) in [6.07, 6.45) is 2.65. The molecule has 2 aromatic carbocycles. The molecule has 3 aromatic rings. The molecule has 0 aliphatic heterocycles. The molecule has 0 radical (unpaired) electrons.